The Hall–Kier alpha value is -1.25. The van der Waals surface area contributed by atoms with Crippen LogP contribution in [0.4, 0.5) is 0 Å². The number of benzene rings is 1. The van der Waals surface area contributed by atoms with E-state index in [4.69, 9.17) is 10.2 Å². The Kier molecular flexibility index (Phi) is 3.55. The third-order valence-electron chi connectivity index (χ3n) is 3.37. The fourth-order valence-electron chi connectivity index (χ4n) is 2.25. The summed E-state index contributed by atoms with van der Waals surface area (Å²) in [6, 6.07) is 12.5. The quantitative estimate of drug-likeness (QED) is 0.905. The van der Waals surface area contributed by atoms with Crippen molar-refractivity contribution in [1.82, 2.24) is 0 Å². The normalized spacial score (nSPS) is 21.9. The lowest BCUT2D eigenvalue weighted by atomic mass is 10.1. The average molecular weight is 250 g/mol. The molecule has 3 rings (SSSR count). The number of rotatable bonds is 3. The van der Waals surface area contributed by atoms with Crippen molar-refractivity contribution in [3.8, 4) is 11.3 Å². The lowest BCUT2D eigenvalue weighted by molar-refractivity contribution is 0.582. The van der Waals surface area contributed by atoms with Crippen molar-refractivity contribution in [3.63, 3.8) is 0 Å². The molecular weight excluding hydrogens is 234 g/mol. The Morgan fingerprint density at radius 1 is 1.18 bits per heavy atom. The first kappa shape index (κ1) is 12.2. The highest BCUT2D eigenvalue weighted by Gasteiger charge is 2.36. The maximum absolute atomic E-state index is 5.65. The SMILES string of the molecule is Cl.NC[C@@H]1C[C@H]1c1ccc(-c2ccco2)cc1. The lowest BCUT2D eigenvalue weighted by Gasteiger charge is -2.01. The Balaban J connectivity index is 0.00000108. The predicted molar refractivity (Wildman–Crippen MR) is 71.3 cm³/mol. The number of hydrogen-bond donors (Lipinski definition) is 1. The topological polar surface area (TPSA) is 39.2 Å². The molecule has 0 aliphatic heterocycles. The Morgan fingerprint density at radius 3 is 2.47 bits per heavy atom. The molecule has 3 heteroatoms. The second kappa shape index (κ2) is 4.94. The summed E-state index contributed by atoms with van der Waals surface area (Å²) >= 11 is 0. The highest BCUT2D eigenvalue weighted by molar-refractivity contribution is 5.85. The van der Waals surface area contributed by atoms with Crippen molar-refractivity contribution in [2.75, 3.05) is 6.54 Å². The fraction of sp³-hybridized carbons (Fsp3) is 0.286. The molecule has 0 unspecified atom stereocenters. The number of nitrogens with two attached hydrogens (primary N) is 1. The van der Waals surface area contributed by atoms with E-state index in [0.717, 1.165) is 17.9 Å². The molecule has 2 N–H and O–H groups in total. The van der Waals surface area contributed by atoms with E-state index >= 15 is 0 Å². The largest absolute Gasteiger partial charge is 0.464 e. The summed E-state index contributed by atoms with van der Waals surface area (Å²) in [6.45, 7) is 0.810. The summed E-state index contributed by atoms with van der Waals surface area (Å²) in [6.07, 6.45) is 2.95. The zero-order valence-corrected chi connectivity index (χ0v) is 10.3. The van der Waals surface area contributed by atoms with Gasteiger partial charge in [0.2, 0.25) is 0 Å². The van der Waals surface area contributed by atoms with Crippen LogP contribution >= 0.6 is 12.4 Å². The van der Waals surface area contributed by atoms with Crippen molar-refractivity contribution in [3.05, 3.63) is 48.2 Å². The molecule has 17 heavy (non-hydrogen) atoms. The van der Waals surface area contributed by atoms with Gasteiger partial charge in [-0.2, -0.15) is 0 Å². The van der Waals surface area contributed by atoms with Crippen molar-refractivity contribution in [2.24, 2.45) is 11.7 Å². The summed E-state index contributed by atoms with van der Waals surface area (Å²) in [4.78, 5) is 0. The Morgan fingerprint density at radius 2 is 1.94 bits per heavy atom. The molecule has 2 nitrogen and oxygen atoms in total. The molecule has 0 radical (unpaired) electrons. The molecule has 1 aliphatic rings. The lowest BCUT2D eigenvalue weighted by Crippen LogP contribution is -2.01. The molecule has 2 aromatic rings. The van der Waals surface area contributed by atoms with Crippen LogP contribution in [0.25, 0.3) is 11.3 Å². The highest BCUT2D eigenvalue weighted by atomic mass is 35.5. The average Bonchev–Trinajstić information content (AvgIpc) is 2.93. The third kappa shape index (κ3) is 2.38. The molecule has 2 atom stereocenters. The highest BCUT2D eigenvalue weighted by Crippen LogP contribution is 2.46. The van der Waals surface area contributed by atoms with E-state index in [0.29, 0.717) is 11.8 Å². The van der Waals surface area contributed by atoms with Crippen LogP contribution in [0.2, 0.25) is 0 Å². The monoisotopic (exact) mass is 249 g/mol. The van der Waals surface area contributed by atoms with E-state index in [1.807, 2.05) is 12.1 Å². The Labute approximate surface area is 107 Å². The van der Waals surface area contributed by atoms with E-state index in [2.05, 4.69) is 24.3 Å². The van der Waals surface area contributed by atoms with Gasteiger partial charge in [-0.15, -0.1) is 12.4 Å². The van der Waals surface area contributed by atoms with E-state index in [1.165, 1.54) is 12.0 Å². The van der Waals surface area contributed by atoms with Crippen molar-refractivity contribution in [2.45, 2.75) is 12.3 Å². The first-order valence-corrected chi connectivity index (χ1v) is 5.72. The molecule has 0 spiro atoms. The standard InChI is InChI=1S/C14H15NO.ClH/c15-9-12-8-13(12)10-3-5-11(6-4-10)14-2-1-7-16-14;/h1-7,12-13H,8-9,15H2;1H/t12-,13-;/m0./s1. The van der Waals surface area contributed by atoms with Gasteiger partial charge >= 0.3 is 0 Å². The summed E-state index contributed by atoms with van der Waals surface area (Å²) in [5.74, 6) is 2.32. The smallest absolute Gasteiger partial charge is 0.133 e. The van der Waals surface area contributed by atoms with Gasteiger partial charge in [-0.25, -0.2) is 0 Å². The summed E-state index contributed by atoms with van der Waals surface area (Å²) in [5.41, 5.74) is 8.20. The second-order valence-electron chi connectivity index (χ2n) is 4.44. The molecule has 0 saturated heterocycles. The van der Waals surface area contributed by atoms with E-state index in [-0.39, 0.29) is 12.4 Å². The van der Waals surface area contributed by atoms with E-state index < -0.39 is 0 Å². The van der Waals surface area contributed by atoms with Crippen LogP contribution in [-0.2, 0) is 0 Å². The van der Waals surface area contributed by atoms with Gasteiger partial charge in [0.1, 0.15) is 5.76 Å². The minimum Gasteiger partial charge on any atom is -0.464 e. The molecule has 1 fully saturated rings. The van der Waals surface area contributed by atoms with Crippen molar-refractivity contribution >= 4 is 12.4 Å². The maximum atomic E-state index is 5.65. The van der Waals surface area contributed by atoms with Crippen LogP contribution in [0, 0.1) is 5.92 Å². The molecule has 1 aromatic carbocycles. The molecule has 1 aromatic heterocycles. The first-order valence-electron chi connectivity index (χ1n) is 5.72. The molecule has 0 bridgehead atoms. The van der Waals surface area contributed by atoms with Gasteiger partial charge < -0.3 is 10.2 Å². The van der Waals surface area contributed by atoms with Gasteiger partial charge in [0.25, 0.3) is 0 Å². The van der Waals surface area contributed by atoms with Gasteiger partial charge in [-0.05, 0) is 42.5 Å². The van der Waals surface area contributed by atoms with Gasteiger partial charge in [0.05, 0.1) is 6.26 Å². The third-order valence-corrected chi connectivity index (χ3v) is 3.37. The number of hydrogen-bond acceptors (Lipinski definition) is 2. The second-order valence-corrected chi connectivity index (χ2v) is 4.44. The molecular formula is C14H16ClNO. The first-order chi connectivity index (χ1) is 7.88. The molecule has 1 saturated carbocycles. The van der Waals surface area contributed by atoms with Crippen molar-refractivity contribution in [1.29, 1.82) is 0 Å². The molecule has 0 amide bonds. The Bertz CT molecular complexity index is 463. The van der Waals surface area contributed by atoms with Crippen LogP contribution in [0.15, 0.2) is 47.1 Å². The van der Waals surface area contributed by atoms with Gasteiger partial charge in [0.15, 0.2) is 0 Å². The van der Waals surface area contributed by atoms with Gasteiger partial charge in [-0.3, -0.25) is 0 Å². The zero-order valence-electron chi connectivity index (χ0n) is 9.50. The fourth-order valence-corrected chi connectivity index (χ4v) is 2.25. The van der Waals surface area contributed by atoms with E-state index in [1.54, 1.807) is 6.26 Å². The number of furan rings is 1. The van der Waals surface area contributed by atoms with Crippen molar-refractivity contribution < 1.29 is 4.42 Å². The summed E-state index contributed by atoms with van der Waals surface area (Å²) in [7, 11) is 0. The predicted octanol–water partition coefficient (Wildman–Crippen LogP) is 3.43. The zero-order chi connectivity index (χ0) is 11.0. The molecule has 1 aliphatic carbocycles. The van der Waals surface area contributed by atoms with Crippen LogP contribution in [-0.4, -0.2) is 6.54 Å². The van der Waals surface area contributed by atoms with Crippen LogP contribution < -0.4 is 5.73 Å². The van der Waals surface area contributed by atoms with Gasteiger partial charge in [-0.1, -0.05) is 24.3 Å². The van der Waals surface area contributed by atoms with Crippen LogP contribution in [0.1, 0.15) is 17.9 Å². The van der Waals surface area contributed by atoms with Gasteiger partial charge in [0, 0.05) is 5.56 Å². The van der Waals surface area contributed by atoms with Crippen LogP contribution in [0.3, 0.4) is 0 Å². The minimum atomic E-state index is 0. The maximum Gasteiger partial charge on any atom is 0.133 e. The summed E-state index contributed by atoms with van der Waals surface area (Å²) in [5, 5.41) is 0. The minimum absolute atomic E-state index is 0. The van der Waals surface area contributed by atoms with E-state index in [9.17, 15) is 0 Å². The van der Waals surface area contributed by atoms with Crippen LogP contribution in [0.5, 0.6) is 0 Å². The number of halogens is 1. The molecule has 90 valence electrons. The summed E-state index contributed by atoms with van der Waals surface area (Å²) < 4.78 is 5.36. The molecule has 1 heterocycles.